The largest absolute Gasteiger partial charge is 0.355 e. The van der Waals surface area contributed by atoms with Gasteiger partial charge in [0.1, 0.15) is 5.82 Å². The Labute approximate surface area is 108 Å². The molecule has 0 aromatic carbocycles. The van der Waals surface area contributed by atoms with Gasteiger partial charge in [0.15, 0.2) is 0 Å². The molecule has 0 saturated carbocycles. The molecule has 2 saturated heterocycles. The maximum atomic E-state index is 5.90. The van der Waals surface area contributed by atoms with E-state index in [0.717, 1.165) is 48.3 Å². The minimum atomic E-state index is 0.677. The minimum absolute atomic E-state index is 0.677. The highest BCUT2D eigenvalue weighted by Gasteiger charge is 2.37. The first-order chi connectivity index (χ1) is 7.74. The number of nitrogens with one attached hydrogen (secondary N) is 1. The fourth-order valence-electron chi connectivity index (χ4n) is 2.67. The number of pyridine rings is 1. The smallest absolute Gasteiger partial charge is 0.142 e. The molecule has 3 heterocycles. The molecule has 2 aliphatic heterocycles. The highest BCUT2D eigenvalue weighted by atomic mass is 79.9. The molecule has 0 unspecified atom stereocenters. The van der Waals surface area contributed by atoms with E-state index in [1.165, 1.54) is 0 Å². The Hall–Kier alpha value is -0.320. The number of halogens is 2. The molecule has 3 rings (SSSR count). The summed E-state index contributed by atoms with van der Waals surface area (Å²) >= 11 is 9.43. The van der Waals surface area contributed by atoms with E-state index in [-0.39, 0.29) is 0 Å². The third kappa shape index (κ3) is 1.83. The van der Waals surface area contributed by atoms with Crippen LogP contribution < -0.4 is 10.2 Å². The predicted molar refractivity (Wildman–Crippen MR) is 69.0 cm³/mol. The van der Waals surface area contributed by atoms with Crippen molar-refractivity contribution in [3.05, 3.63) is 21.8 Å². The molecule has 2 aliphatic rings. The van der Waals surface area contributed by atoms with Crippen molar-refractivity contribution < 1.29 is 0 Å². The van der Waals surface area contributed by atoms with E-state index in [2.05, 4.69) is 31.1 Å². The van der Waals surface area contributed by atoms with E-state index in [9.17, 15) is 0 Å². The Balaban J connectivity index is 1.83. The summed E-state index contributed by atoms with van der Waals surface area (Å²) in [5.74, 6) is 2.59. The van der Waals surface area contributed by atoms with Crippen LogP contribution in [0.4, 0.5) is 5.82 Å². The lowest BCUT2D eigenvalue weighted by molar-refractivity contribution is 0.533. The van der Waals surface area contributed by atoms with Crippen molar-refractivity contribution in [2.24, 2.45) is 11.8 Å². The van der Waals surface area contributed by atoms with Crippen LogP contribution in [0.3, 0.4) is 0 Å². The van der Waals surface area contributed by atoms with Crippen LogP contribution in [0.5, 0.6) is 0 Å². The van der Waals surface area contributed by atoms with Crippen molar-refractivity contribution in [2.75, 3.05) is 31.1 Å². The molecule has 0 aliphatic carbocycles. The molecular weight excluding hydrogens is 289 g/mol. The third-order valence-electron chi connectivity index (χ3n) is 3.48. The van der Waals surface area contributed by atoms with E-state index < -0.39 is 0 Å². The van der Waals surface area contributed by atoms with Crippen LogP contribution >= 0.6 is 27.5 Å². The van der Waals surface area contributed by atoms with Crippen LogP contribution in [0, 0.1) is 11.8 Å². The van der Waals surface area contributed by atoms with Crippen LogP contribution in [0.15, 0.2) is 16.7 Å². The van der Waals surface area contributed by atoms with E-state index in [1.54, 1.807) is 6.20 Å². The topological polar surface area (TPSA) is 28.2 Å². The lowest BCUT2D eigenvalue weighted by Gasteiger charge is -2.19. The fraction of sp³-hybridized carbons (Fsp3) is 0.545. The first-order valence-corrected chi connectivity index (χ1v) is 6.68. The summed E-state index contributed by atoms with van der Waals surface area (Å²) in [6.45, 7) is 4.49. The molecule has 5 heteroatoms. The molecule has 1 aromatic rings. The van der Waals surface area contributed by atoms with Crippen molar-refractivity contribution in [1.29, 1.82) is 0 Å². The molecular formula is C11H13BrClN3. The zero-order chi connectivity index (χ0) is 11.1. The number of hydrogen-bond donors (Lipinski definition) is 1. The van der Waals surface area contributed by atoms with Gasteiger partial charge < -0.3 is 10.2 Å². The van der Waals surface area contributed by atoms with Gasteiger partial charge in [-0.1, -0.05) is 11.6 Å². The van der Waals surface area contributed by atoms with E-state index >= 15 is 0 Å². The second-order valence-electron chi connectivity index (χ2n) is 4.54. The van der Waals surface area contributed by atoms with Crippen molar-refractivity contribution in [2.45, 2.75) is 0 Å². The molecule has 0 bridgehead atoms. The van der Waals surface area contributed by atoms with Gasteiger partial charge in [-0.25, -0.2) is 4.98 Å². The second-order valence-corrected chi connectivity index (χ2v) is 5.83. The van der Waals surface area contributed by atoms with Gasteiger partial charge in [-0.15, -0.1) is 0 Å². The van der Waals surface area contributed by atoms with Crippen LogP contribution in [0.1, 0.15) is 0 Å². The number of hydrogen-bond acceptors (Lipinski definition) is 3. The average Bonchev–Trinajstić information content (AvgIpc) is 2.76. The summed E-state index contributed by atoms with van der Waals surface area (Å²) in [7, 11) is 0. The molecule has 86 valence electrons. The van der Waals surface area contributed by atoms with Gasteiger partial charge in [0.05, 0.1) is 9.50 Å². The molecule has 16 heavy (non-hydrogen) atoms. The van der Waals surface area contributed by atoms with E-state index in [4.69, 9.17) is 11.6 Å². The summed E-state index contributed by atoms with van der Waals surface area (Å²) in [6, 6.07) is 1.91. The molecule has 1 aromatic heterocycles. The second kappa shape index (κ2) is 4.17. The highest BCUT2D eigenvalue weighted by molar-refractivity contribution is 9.10. The molecule has 0 radical (unpaired) electrons. The summed E-state index contributed by atoms with van der Waals surface area (Å²) in [5.41, 5.74) is 0. The van der Waals surface area contributed by atoms with Crippen molar-refractivity contribution >= 4 is 33.3 Å². The molecule has 1 N–H and O–H groups in total. The Morgan fingerprint density at radius 1 is 1.38 bits per heavy atom. The molecule has 0 spiro atoms. The normalized spacial score (nSPS) is 28.5. The first kappa shape index (κ1) is 10.8. The Morgan fingerprint density at radius 2 is 2.06 bits per heavy atom. The molecule has 2 fully saturated rings. The third-order valence-corrected chi connectivity index (χ3v) is 4.27. The average molecular weight is 303 g/mol. The summed E-state index contributed by atoms with van der Waals surface area (Å²) in [4.78, 5) is 6.77. The Bertz CT molecular complexity index is 400. The van der Waals surface area contributed by atoms with Gasteiger partial charge in [0, 0.05) is 32.4 Å². The summed E-state index contributed by atoms with van der Waals surface area (Å²) in [6.07, 6.45) is 1.72. The van der Waals surface area contributed by atoms with Gasteiger partial charge in [-0.2, -0.15) is 0 Å². The first-order valence-electron chi connectivity index (χ1n) is 5.51. The lowest BCUT2D eigenvalue weighted by atomic mass is 10.0. The van der Waals surface area contributed by atoms with Gasteiger partial charge in [0.2, 0.25) is 0 Å². The number of anilines is 1. The van der Waals surface area contributed by atoms with E-state index in [1.807, 2.05) is 6.07 Å². The van der Waals surface area contributed by atoms with E-state index in [0.29, 0.717) is 5.02 Å². The van der Waals surface area contributed by atoms with Crippen molar-refractivity contribution in [3.8, 4) is 0 Å². The quantitative estimate of drug-likeness (QED) is 0.861. The number of nitrogens with zero attached hydrogens (tertiary/aromatic N) is 2. The zero-order valence-corrected chi connectivity index (χ0v) is 11.1. The van der Waals surface area contributed by atoms with Crippen LogP contribution in [-0.2, 0) is 0 Å². The maximum Gasteiger partial charge on any atom is 0.142 e. The van der Waals surface area contributed by atoms with Crippen molar-refractivity contribution in [3.63, 3.8) is 0 Å². The molecule has 0 amide bonds. The van der Waals surface area contributed by atoms with Gasteiger partial charge in [-0.3, -0.25) is 0 Å². The summed E-state index contributed by atoms with van der Waals surface area (Å²) < 4.78 is 0.993. The SMILES string of the molecule is Clc1cnc(N2C[C@H]3CNC[C@H]3C2)c(Br)c1. The maximum absolute atomic E-state index is 5.90. The predicted octanol–water partition coefficient (Wildman–Crippen LogP) is 2.15. The molecule has 3 nitrogen and oxygen atoms in total. The number of aromatic nitrogens is 1. The van der Waals surface area contributed by atoms with Crippen LogP contribution in [0.25, 0.3) is 0 Å². The minimum Gasteiger partial charge on any atom is -0.355 e. The standard InChI is InChI=1S/C11H13BrClN3/c12-10-1-9(13)4-15-11(10)16-5-7-2-14-3-8(7)6-16/h1,4,7-8,14H,2-3,5-6H2/t7-,8+. The Kier molecular flexibility index (Phi) is 2.81. The lowest BCUT2D eigenvalue weighted by Crippen LogP contribution is -2.26. The molecule has 2 atom stereocenters. The summed E-state index contributed by atoms with van der Waals surface area (Å²) in [5, 5.41) is 4.12. The van der Waals surface area contributed by atoms with Gasteiger partial charge in [0.25, 0.3) is 0 Å². The Morgan fingerprint density at radius 3 is 2.69 bits per heavy atom. The fourth-order valence-corrected chi connectivity index (χ4v) is 3.56. The van der Waals surface area contributed by atoms with Gasteiger partial charge >= 0.3 is 0 Å². The zero-order valence-electron chi connectivity index (χ0n) is 8.79. The number of fused-ring (bicyclic) bond motifs is 1. The van der Waals surface area contributed by atoms with Gasteiger partial charge in [-0.05, 0) is 33.8 Å². The van der Waals surface area contributed by atoms with Crippen molar-refractivity contribution in [1.82, 2.24) is 10.3 Å². The highest BCUT2D eigenvalue weighted by Crippen LogP contribution is 2.33. The van der Waals surface area contributed by atoms with Crippen LogP contribution in [-0.4, -0.2) is 31.2 Å². The monoisotopic (exact) mass is 301 g/mol. The number of rotatable bonds is 1. The van der Waals surface area contributed by atoms with Crippen LogP contribution in [0.2, 0.25) is 5.02 Å².